The number of nitrogens with two attached hydrogens (primary N) is 1. The molecule has 1 aliphatic heterocycles. The monoisotopic (exact) mass is 268 g/mol. The number of aromatic nitrogens is 3. The van der Waals surface area contributed by atoms with Crippen LogP contribution in [-0.2, 0) is 6.54 Å². The first-order chi connectivity index (χ1) is 9.79. The van der Waals surface area contributed by atoms with Gasteiger partial charge in [-0.25, -0.2) is 4.68 Å². The average molecular weight is 268 g/mol. The molecule has 0 amide bonds. The molecule has 3 aromatic rings. The van der Waals surface area contributed by atoms with Crippen LogP contribution < -0.4 is 15.2 Å². The fraction of sp³-hybridized carbons (Fsp3) is 0.143. The molecular formula is C14H12N4O2. The summed E-state index contributed by atoms with van der Waals surface area (Å²) in [6.07, 6.45) is 0. The summed E-state index contributed by atoms with van der Waals surface area (Å²) in [5.74, 6) is 1.45. The molecule has 0 fully saturated rings. The van der Waals surface area contributed by atoms with E-state index in [2.05, 4.69) is 10.3 Å². The van der Waals surface area contributed by atoms with E-state index in [1.807, 2.05) is 41.1 Å². The molecule has 100 valence electrons. The van der Waals surface area contributed by atoms with Gasteiger partial charge in [-0.05, 0) is 17.7 Å². The van der Waals surface area contributed by atoms with Gasteiger partial charge in [-0.15, -0.1) is 5.10 Å². The first-order valence-corrected chi connectivity index (χ1v) is 6.27. The summed E-state index contributed by atoms with van der Waals surface area (Å²) in [4.78, 5) is 0. The van der Waals surface area contributed by atoms with Crippen molar-refractivity contribution in [2.75, 3.05) is 12.5 Å². The third kappa shape index (κ3) is 1.73. The molecule has 0 unspecified atom stereocenters. The lowest BCUT2D eigenvalue weighted by Gasteiger charge is -2.03. The van der Waals surface area contributed by atoms with Gasteiger partial charge in [-0.1, -0.05) is 17.3 Å². The Morgan fingerprint density at radius 3 is 2.65 bits per heavy atom. The maximum absolute atomic E-state index is 5.69. The van der Waals surface area contributed by atoms with Gasteiger partial charge < -0.3 is 15.2 Å². The molecule has 0 saturated carbocycles. The molecule has 2 N–H and O–H groups in total. The fourth-order valence-corrected chi connectivity index (χ4v) is 2.27. The topological polar surface area (TPSA) is 75.2 Å². The van der Waals surface area contributed by atoms with Crippen LogP contribution in [0.3, 0.4) is 0 Å². The molecule has 4 rings (SSSR count). The summed E-state index contributed by atoms with van der Waals surface area (Å²) < 4.78 is 12.6. The number of rotatable bonds is 2. The Hall–Kier alpha value is -2.76. The van der Waals surface area contributed by atoms with Crippen LogP contribution in [0.1, 0.15) is 5.56 Å². The van der Waals surface area contributed by atoms with Crippen LogP contribution in [0.15, 0.2) is 36.4 Å². The van der Waals surface area contributed by atoms with E-state index in [-0.39, 0.29) is 6.79 Å². The van der Waals surface area contributed by atoms with Crippen LogP contribution in [0.4, 0.5) is 5.69 Å². The molecule has 0 radical (unpaired) electrons. The van der Waals surface area contributed by atoms with Gasteiger partial charge in [0.15, 0.2) is 11.5 Å². The van der Waals surface area contributed by atoms with Crippen molar-refractivity contribution in [1.29, 1.82) is 0 Å². The number of fused-ring (bicyclic) bond motifs is 2. The number of anilines is 1. The van der Waals surface area contributed by atoms with E-state index in [1.165, 1.54) is 0 Å². The lowest BCUT2D eigenvalue weighted by atomic mass is 10.2. The van der Waals surface area contributed by atoms with Crippen molar-refractivity contribution in [3.63, 3.8) is 0 Å². The molecule has 0 atom stereocenters. The predicted octanol–water partition coefficient (Wildman–Crippen LogP) is 1.79. The summed E-state index contributed by atoms with van der Waals surface area (Å²) in [6, 6.07) is 11.5. The standard InChI is InChI=1S/C14H12N4O2/c15-10-3-1-9(2-4-10)7-18-12-6-14-13(19-8-20-14)5-11(12)16-17-18/h1-6H,7-8,15H2. The lowest BCUT2D eigenvalue weighted by molar-refractivity contribution is 0.174. The Kier molecular flexibility index (Phi) is 2.29. The Bertz CT molecular complexity index is 780. The van der Waals surface area contributed by atoms with Gasteiger partial charge in [0, 0.05) is 17.8 Å². The van der Waals surface area contributed by atoms with Crippen LogP contribution in [0.5, 0.6) is 11.5 Å². The molecule has 0 aliphatic carbocycles. The Balaban J connectivity index is 1.74. The smallest absolute Gasteiger partial charge is 0.231 e. The molecule has 1 aromatic heterocycles. The van der Waals surface area contributed by atoms with Crippen LogP contribution in [-0.4, -0.2) is 21.8 Å². The second kappa shape index (κ2) is 4.12. The largest absolute Gasteiger partial charge is 0.454 e. The summed E-state index contributed by atoms with van der Waals surface area (Å²) in [5, 5.41) is 8.34. The van der Waals surface area contributed by atoms with Crippen LogP contribution in [0.25, 0.3) is 11.0 Å². The first kappa shape index (κ1) is 11.1. The van der Waals surface area contributed by atoms with Gasteiger partial charge >= 0.3 is 0 Å². The van der Waals surface area contributed by atoms with Gasteiger partial charge in [0.1, 0.15) is 5.52 Å². The van der Waals surface area contributed by atoms with E-state index in [0.29, 0.717) is 6.54 Å². The predicted molar refractivity (Wildman–Crippen MR) is 73.6 cm³/mol. The fourth-order valence-electron chi connectivity index (χ4n) is 2.27. The zero-order chi connectivity index (χ0) is 13.5. The maximum atomic E-state index is 5.69. The highest BCUT2D eigenvalue weighted by Crippen LogP contribution is 2.35. The summed E-state index contributed by atoms with van der Waals surface area (Å²) in [6.45, 7) is 0.893. The summed E-state index contributed by atoms with van der Waals surface area (Å²) in [7, 11) is 0. The Morgan fingerprint density at radius 2 is 1.85 bits per heavy atom. The molecule has 0 saturated heterocycles. The number of ether oxygens (including phenoxy) is 2. The van der Waals surface area contributed by atoms with E-state index in [1.54, 1.807) is 0 Å². The highest BCUT2D eigenvalue weighted by atomic mass is 16.7. The van der Waals surface area contributed by atoms with Crippen molar-refractivity contribution in [3.8, 4) is 11.5 Å². The van der Waals surface area contributed by atoms with Crippen molar-refractivity contribution < 1.29 is 9.47 Å². The summed E-state index contributed by atoms with van der Waals surface area (Å²) in [5.41, 5.74) is 9.27. The molecule has 2 aromatic carbocycles. The number of nitrogen functional groups attached to an aromatic ring is 1. The molecule has 2 heterocycles. The highest BCUT2D eigenvalue weighted by Gasteiger charge is 2.17. The molecule has 6 heteroatoms. The van der Waals surface area contributed by atoms with Gasteiger partial charge in [-0.3, -0.25) is 0 Å². The molecule has 20 heavy (non-hydrogen) atoms. The second-order valence-corrected chi connectivity index (χ2v) is 4.68. The minimum atomic E-state index is 0.257. The van der Waals surface area contributed by atoms with Crippen molar-refractivity contribution in [2.24, 2.45) is 0 Å². The maximum Gasteiger partial charge on any atom is 0.231 e. The van der Waals surface area contributed by atoms with E-state index in [4.69, 9.17) is 15.2 Å². The first-order valence-electron chi connectivity index (χ1n) is 6.27. The van der Waals surface area contributed by atoms with Crippen LogP contribution in [0.2, 0.25) is 0 Å². The third-order valence-corrected chi connectivity index (χ3v) is 3.32. The molecule has 1 aliphatic rings. The number of benzene rings is 2. The quantitative estimate of drug-likeness (QED) is 0.717. The third-order valence-electron chi connectivity index (χ3n) is 3.32. The van der Waals surface area contributed by atoms with Gasteiger partial charge in [-0.2, -0.15) is 0 Å². The minimum absolute atomic E-state index is 0.257. The number of hydrogen-bond donors (Lipinski definition) is 1. The van der Waals surface area contributed by atoms with Crippen molar-refractivity contribution in [3.05, 3.63) is 42.0 Å². The van der Waals surface area contributed by atoms with E-state index in [9.17, 15) is 0 Å². The second-order valence-electron chi connectivity index (χ2n) is 4.68. The minimum Gasteiger partial charge on any atom is -0.454 e. The Morgan fingerprint density at radius 1 is 1.10 bits per heavy atom. The van der Waals surface area contributed by atoms with Crippen LogP contribution >= 0.6 is 0 Å². The average Bonchev–Trinajstić information content (AvgIpc) is 3.06. The van der Waals surface area contributed by atoms with Crippen molar-refractivity contribution >= 4 is 16.7 Å². The number of hydrogen-bond acceptors (Lipinski definition) is 5. The van der Waals surface area contributed by atoms with Crippen molar-refractivity contribution in [1.82, 2.24) is 15.0 Å². The normalized spacial score (nSPS) is 13.0. The zero-order valence-corrected chi connectivity index (χ0v) is 10.6. The van der Waals surface area contributed by atoms with Gasteiger partial charge in [0.2, 0.25) is 6.79 Å². The highest BCUT2D eigenvalue weighted by molar-refractivity contribution is 5.79. The van der Waals surface area contributed by atoms with E-state index < -0.39 is 0 Å². The van der Waals surface area contributed by atoms with Gasteiger partial charge in [0.05, 0.1) is 12.1 Å². The number of nitrogens with zero attached hydrogens (tertiary/aromatic N) is 3. The SMILES string of the molecule is Nc1ccc(Cn2nnc3cc4c(cc32)OCO4)cc1. The molecule has 6 nitrogen and oxygen atoms in total. The van der Waals surface area contributed by atoms with Gasteiger partial charge in [0.25, 0.3) is 0 Å². The zero-order valence-electron chi connectivity index (χ0n) is 10.6. The van der Waals surface area contributed by atoms with E-state index >= 15 is 0 Å². The molecular weight excluding hydrogens is 256 g/mol. The lowest BCUT2D eigenvalue weighted by Crippen LogP contribution is -2.02. The van der Waals surface area contributed by atoms with Crippen LogP contribution in [0, 0.1) is 0 Å². The van der Waals surface area contributed by atoms with Crippen molar-refractivity contribution in [2.45, 2.75) is 6.54 Å². The molecule has 0 spiro atoms. The Labute approximate surface area is 114 Å². The molecule has 0 bridgehead atoms. The summed E-state index contributed by atoms with van der Waals surface area (Å²) >= 11 is 0. The van der Waals surface area contributed by atoms with E-state index in [0.717, 1.165) is 33.8 Å².